The zero-order valence-corrected chi connectivity index (χ0v) is 8.56. The number of hydrogen-bond donors (Lipinski definition) is 1. The predicted octanol–water partition coefficient (Wildman–Crippen LogP) is 0.881. The number of anilines is 1. The Labute approximate surface area is 89.3 Å². The first kappa shape index (κ1) is 9.94. The van der Waals surface area contributed by atoms with Crippen LogP contribution in [0.15, 0.2) is 18.3 Å². The maximum Gasteiger partial charge on any atom is 0.163 e. The summed E-state index contributed by atoms with van der Waals surface area (Å²) < 4.78 is 0. The molecule has 1 aromatic rings. The third kappa shape index (κ3) is 2.08. The number of piperidine rings is 1. The second kappa shape index (κ2) is 4.28. The molecule has 0 bridgehead atoms. The minimum Gasteiger partial charge on any atom is -0.368 e. The Hall–Kier alpha value is -1.60. The SMILES string of the molecule is N#Cc1ncccc1N1CCC[C@@H](N)C1. The van der Waals surface area contributed by atoms with Gasteiger partial charge in [0.1, 0.15) is 6.07 Å². The number of pyridine rings is 1. The van der Waals surface area contributed by atoms with Gasteiger partial charge in [-0.3, -0.25) is 0 Å². The summed E-state index contributed by atoms with van der Waals surface area (Å²) in [5.74, 6) is 0. The summed E-state index contributed by atoms with van der Waals surface area (Å²) in [5, 5.41) is 8.94. The molecular weight excluding hydrogens is 188 g/mol. The first-order chi connectivity index (χ1) is 7.31. The maximum absolute atomic E-state index is 8.94. The van der Waals surface area contributed by atoms with Gasteiger partial charge in [-0.15, -0.1) is 0 Å². The molecule has 0 unspecified atom stereocenters. The van der Waals surface area contributed by atoms with Gasteiger partial charge in [0.25, 0.3) is 0 Å². The van der Waals surface area contributed by atoms with Crippen LogP contribution >= 0.6 is 0 Å². The molecule has 4 heteroatoms. The van der Waals surface area contributed by atoms with Gasteiger partial charge in [0.2, 0.25) is 0 Å². The molecule has 0 radical (unpaired) electrons. The van der Waals surface area contributed by atoms with Crippen LogP contribution in [0, 0.1) is 11.3 Å². The minimum atomic E-state index is 0.213. The highest BCUT2D eigenvalue weighted by molar-refractivity contribution is 5.56. The Bertz CT molecular complexity index is 382. The third-order valence-electron chi connectivity index (χ3n) is 2.69. The van der Waals surface area contributed by atoms with E-state index in [-0.39, 0.29) is 6.04 Å². The molecular formula is C11H14N4. The zero-order chi connectivity index (χ0) is 10.7. The Kier molecular flexibility index (Phi) is 2.84. The van der Waals surface area contributed by atoms with Crippen LogP contribution in [-0.2, 0) is 0 Å². The monoisotopic (exact) mass is 202 g/mol. The molecule has 0 aromatic carbocycles. The molecule has 0 amide bonds. The number of nitrogens with two attached hydrogens (primary N) is 1. The van der Waals surface area contributed by atoms with E-state index >= 15 is 0 Å². The average molecular weight is 202 g/mol. The van der Waals surface area contributed by atoms with Crippen molar-refractivity contribution in [3.05, 3.63) is 24.0 Å². The van der Waals surface area contributed by atoms with E-state index in [1.54, 1.807) is 6.20 Å². The fraction of sp³-hybridized carbons (Fsp3) is 0.455. The van der Waals surface area contributed by atoms with Gasteiger partial charge < -0.3 is 10.6 Å². The molecule has 1 fully saturated rings. The molecule has 15 heavy (non-hydrogen) atoms. The largest absolute Gasteiger partial charge is 0.368 e. The average Bonchev–Trinajstić information content (AvgIpc) is 2.29. The molecule has 0 aliphatic carbocycles. The van der Waals surface area contributed by atoms with Crippen molar-refractivity contribution in [1.29, 1.82) is 5.26 Å². The third-order valence-corrected chi connectivity index (χ3v) is 2.69. The number of nitrogens with zero attached hydrogens (tertiary/aromatic N) is 3. The van der Waals surface area contributed by atoms with Gasteiger partial charge in [-0.25, -0.2) is 4.98 Å². The maximum atomic E-state index is 8.94. The predicted molar refractivity (Wildman–Crippen MR) is 58.4 cm³/mol. The summed E-state index contributed by atoms with van der Waals surface area (Å²) in [7, 11) is 0. The van der Waals surface area contributed by atoms with Crippen molar-refractivity contribution in [2.24, 2.45) is 5.73 Å². The number of hydrogen-bond acceptors (Lipinski definition) is 4. The molecule has 0 saturated carbocycles. The minimum absolute atomic E-state index is 0.213. The standard InChI is InChI=1S/C11H14N4/c12-7-10-11(4-1-5-14-10)15-6-2-3-9(13)8-15/h1,4-5,9H,2-3,6,8,13H2/t9-/m1/s1. The molecule has 2 rings (SSSR count). The van der Waals surface area contributed by atoms with E-state index in [2.05, 4.69) is 16.0 Å². The molecule has 1 saturated heterocycles. The van der Waals surface area contributed by atoms with Gasteiger partial charge in [0, 0.05) is 25.3 Å². The quantitative estimate of drug-likeness (QED) is 0.734. The summed E-state index contributed by atoms with van der Waals surface area (Å²) in [6, 6.07) is 6.12. The summed E-state index contributed by atoms with van der Waals surface area (Å²) in [6.07, 6.45) is 3.80. The van der Waals surface area contributed by atoms with Crippen molar-refractivity contribution >= 4 is 5.69 Å². The summed E-state index contributed by atoms with van der Waals surface area (Å²) in [4.78, 5) is 6.21. The normalized spacial score (nSPS) is 21.1. The number of nitriles is 1. The zero-order valence-electron chi connectivity index (χ0n) is 8.56. The van der Waals surface area contributed by atoms with Crippen molar-refractivity contribution in [2.75, 3.05) is 18.0 Å². The van der Waals surface area contributed by atoms with E-state index in [4.69, 9.17) is 11.0 Å². The highest BCUT2D eigenvalue weighted by Crippen LogP contribution is 2.21. The molecule has 2 N–H and O–H groups in total. The first-order valence-electron chi connectivity index (χ1n) is 5.17. The lowest BCUT2D eigenvalue weighted by molar-refractivity contribution is 0.505. The summed E-state index contributed by atoms with van der Waals surface area (Å²) in [5.41, 5.74) is 7.31. The highest BCUT2D eigenvalue weighted by Gasteiger charge is 2.19. The van der Waals surface area contributed by atoms with Gasteiger partial charge in [-0.1, -0.05) is 0 Å². The second-order valence-corrected chi connectivity index (χ2v) is 3.83. The van der Waals surface area contributed by atoms with Crippen LogP contribution in [0.3, 0.4) is 0 Å². The van der Waals surface area contributed by atoms with Gasteiger partial charge in [0.05, 0.1) is 5.69 Å². The number of aromatic nitrogens is 1. The van der Waals surface area contributed by atoms with E-state index in [9.17, 15) is 0 Å². The van der Waals surface area contributed by atoms with Gasteiger partial charge in [-0.05, 0) is 25.0 Å². The van der Waals surface area contributed by atoms with Crippen LogP contribution < -0.4 is 10.6 Å². The molecule has 0 spiro atoms. The molecule has 2 heterocycles. The summed E-state index contributed by atoms with van der Waals surface area (Å²) in [6.45, 7) is 1.79. The van der Waals surface area contributed by atoms with Crippen molar-refractivity contribution in [2.45, 2.75) is 18.9 Å². The first-order valence-corrected chi connectivity index (χ1v) is 5.17. The Balaban J connectivity index is 2.25. The fourth-order valence-electron chi connectivity index (χ4n) is 1.97. The van der Waals surface area contributed by atoms with E-state index in [1.807, 2.05) is 12.1 Å². The second-order valence-electron chi connectivity index (χ2n) is 3.83. The molecule has 1 aliphatic rings. The molecule has 78 valence electrons. The lowest BCUT2D eigenvalue weighted by atomic mass is 10.1. The van der Waals surface area contributed by atoms with Crippen molar-refractivity contribution in [3.8, 4) is 6.07 Å². The molecule has 1 aromatic heterocycles. The van der Waals surface area contributed by atoms with Crippen molar-refractivity contribution < 1.29 is 0 Å². The lowest BCUT2D eigenvalue weighted by Crippen LogP contribution is -2.43. The van der Waals surface area contributed by atoms with Crippen molar-refractivity contribution in [1.82, 2.24) is 4.98 Å². The Morgan fingerprint density at radius 2 is 2.47 bits per heavy atom. The van der Waals surface area contributed by atoms with Crippen LogP contribution in [0.5, 0.6) is 0 Å². The molecule has 4 nitrogen and oxygen atoms in total. The smallest absolute Gasteiger partial charge is 0.163 e. The molecule has 1 aliphatic heterocycles. The van der Waals surface area contributed by atoms with Crippen molar-refractivity contribution in [3.63, 3.8) is 0 Å². The van der Waals surface area contributed by atoms with E-state index in [0.29, 0.717) is 5.69 Å². The van der Waals surface area contributed by atoms with Crippen LogP contribution in [0.1, 0.15) is 18.5 Å². The van der Waals surface area contributed by atoms with Crippen LogP contribution in [0.25, 0.3) is 0 Å². The summed E-state index contributed by atoms with van der Waals surface area (Å²) >= 11 is 0. The van der Waals surface area contributed by atoms with Crippen LogP contribution in [0.4, 0.5) is 5.69 Å². The Morgan fingerprint density at radius 3 is 3.20 bits per heavy atom. The van der Waals surface area contributed by atoms with Crippen LogP contribution in [0.2, 0.25) is 0 Å². The van der Waals surface area contributed by atoms with Crippen LogP contribution in [-0.4, -0.2) is 24.1 Å². The van der Waals surface area contributed by atoms with E-state index in [1.165, 1.54) is 0 Å². The van der Waals surface area contributed by atoms with Gasteiger partial charge in [-0.2, -0.15) is 5.26 Å². The highest BCUT2D eigenvalue weighted by atomic mass is 15.2. The van der Waals surface area contributed by atoms with E-state index in [0.717, 1.165) is 31.6 Å². The topological polar surface area (TPSA) is 65.9 Å². The lowest BCUT2D eigenvalue weighted by Gasteiger charge is -2.32. The number of rotatable bonds is 1. The fourth-order valence-corrected chi connectivity index (χ4v) is 1.97. The Morgan fingerprint density at radius 1 is 1.60 bits per heavy atom. The van der Waals surface area contributed by atoms with Gasteiger partial charge >= 0.3 is 0 Å². The van der Waals surface area contributed by atoms with Gasteiger partial charge in [0.15, 0.2) is 5.69 Å². The van der Waals surface area contributed by atoms with E-state index < -0.39 is 0 Å². The molecule has 1 atom stereocenters.